The first-order valence-corrected chi connectivity index (χ1v) is 6.22. The molecule has 1 aromatic rings. The monoisotopic (exact) mass is 275 g/mol. The lowest BCUT2D eigenvalue weighted by atomic mass is 10.2. The molecule has 0 unspecified atom stereocenters. The fraction of sp³-hybridized carbons (Fsp3) is 0.357. The topological polar surface area (TPSA) is 91.3 Å². The van der Waals surface area contributed by atoms with E-state index >= 15 is 0 Å². The SMILES string of the molecule is CC(=O)NCCNC(=O)c1ncccc1C#CCCO. The van der Waals surface area contributed by atoms with E-state index in [2.05, 4.69) is 27.5 Å². The lowest BCUT2D eigenvalue weighted by molar-refractivity contribution is -0.118. The van der Waals surface area contributed by atoms with Crippen LogP contribution in [-0.4, -0.2) is 41.6 Å². The fourth-order valence-corrected chi connectivity index (χ4v) is 1.40. The third-order valence-electron chi connectivity index (χ3n) is 2.27. The van der Waals surface area contributed by atoms with Crippen molar-refractivity contribution in [3.05, 3.63) is 29.6 Å². The van der Waals surface area contributed by atoms with Gasteiger partial charge in [-0.1, -0.05) is 11.8 Å². The van der Waals surface area contributed by atoms with Crippen LogP contribution in [0.1, 0.15) is 29.4 Å². The van der Waals surface area contributed by atoms with Crippen LogP contribution < -0.4 is 10.6 Å². The zero-order valence-corrected chi connectivity index (χ0v) is 11.3. The number of pyridine rings is 1. The van der Waals surface area contributed by atoms with E-state index in [1.165, 1.54) is 13.1 Å². The predicted octanol–water partition coefficient (Wildman–Crippen LogP) is -0.319. The lowest BCUT2D eigenvalue weighted by Gasteiger charge is -2.06. The minimum absolute atomic E-state index is 0.0223. The van der Waals surface area contributed by atoms with Gasteiger partial charge in [-0.05, 0) is 12.1 Å². The van der Waals surface area contributed by atoms with Crippen LogP contribution in [0.3, 0.4) is 0 Å². The van der Waals surface area contributed by atoms with Gasteiger partial charge < -0.3 is 15.7 Å². The Kier molecular flexibility index (Phi) is 6.79. The smallest absolute Gasteiger partial charge is 0.271 e. The van der Waals surface area contributed by atoms with Crippen molar-refractivity contribution in [3.8, 4) is 11.8 Å². The highest BCUT2D eigenvalue weighted by atomic mass is 16.2. The van der Waals surface area contributed by atoms with Gasteiger partial charge in [0.15, 0.2) is 0 Å². The second-order valence-corrected chi connectivity index (χ2v) is 3.91. The Morgan fingerprint density at radius 1 is 1.35 bits per heavy atom. The third-order valence-corrected chi connectivity index (χ3v) is 2.27. The van der Waals surface area contributed by atoms with Crippen LogP contribution in [0.15, 0.2) is 18.3 Å². The Morgan fingerprint density at radius 2 is 2.10 bits per heavy atom. The average Bonchev–Trinajstić information content (AvgIpc) is 2.44. The first-order chi connectivity index (χ1) is 9.65. The van der Waals surface area contributed by atoms with Gasteiger partial charge in [-0.25, -0.2) is 4.98 Å². The second-order valence-electron chi connectivity index (χ2n) is 3.91. The number of hydrogen-bond acceptors (Lipinski definition) is 4. The van der Waals surface area contributed by atoms with Crippen molar-refractivity contribution in [2.24, 2.45) is 0 Å². The van der Waals surface area contributed by atoms with Crippen LogP contribution in [0.4, 0.5) is 0 Å². The molecule has 0 aliphatic heterocycles. The quantitative estimate of drug-likeness (QED) is 0.507. The molecule has 3 N–H and O–H groups in total. The third kappa shape index (κ3) is 5.50. The van der Waals surface area contributed by atoms with Gasteiger partial charge in [0.1, 0.15) is 5.69 Å². The molecule has 0 aliphatic carbocycles. The van der Waals surface area contributed by atoms with Crippen LogP contribution in [0, 0.1) is 11.8 Å². The molecule has 0 aromatic carbocycles. The summed E-state index contributed by atoms with van der Waals surface area (Å²) in [6, 6.07) is 3.39. The minimum Gasteiger partial charge on any atom is -0.395 e. The Hall–Kier alpha value is -2.39. The number of rotatable bonds is 5. The van der Waals surface area contributed by atoms with Crippen LogP contribution >= 0.6 is 0 Å². The maximum atomic E-state index is 11.9. The van der Waals surface area contributed by atoms with Crippen LogP contribution in [0.5, 0.6) is 0 Å². The van der Waals surface area contributed by atoms with E-state index in [-0.39, 0.29) is 24.1 Å². The molecule has 20 heavy (non-hydrogen) atoms. The van der Waals surface area contributed by atoms with Crippen molar-refractivity contribution in [3.63, 3.8) is 0 Å². The zero-order valence-electron chi connectivity index (χ0n) is 11.3. The molecule has 0 radical (unpaired) electrons. The molecule has 1 heterocycles. The highest BCUT2D eigenvalue weighted by molar-refractivity contribution is 5.94. The average molecular weight is 275 g/mol. The molecule has 0 fully saturated rings. The molecular weight excluding hydrogens is 258 g/mol. The Balaban J connectivity index is 2.64. The number of aromatic nitrogens is 1. The maximum Gasteiger partial charge on any atom is 0.271 e. The summed E-state index contributed by atoms with van der Waals surface area (Å²) in [5.41, 5.74) is 0.749. The van der Waals surface area contributed by atoms with Crippen molar-refractivity contribution >= 4 is 11.8 Å². The first-order valence-electron chi connectivity index (χ1n) is 6.22. The Labute approximate surface area is 117 Å². The van der Waals surface area contributed by atoms with E-state index in [0.29, 0.717) is 25.1 Å². The molecule has 2 amide bonds. The van der Waals surface area contributed by atoms with E-state index in [0.717, 1.165) is 0 Å². The van der Waals surface area contributed by atoms with Crippen LogP contribution in [0.2, 0.25) is 0 Å². The standard InChI is InChI=1S/C14H17N3O3/c1-11(19)15-8-9-17-14(20)13-12(5-2-3-10-18)6-4-7-16-13/h4,6-7,18H,3,8-10H2,1H3,(H,15,19)(H,17,20). The van der Waals surface area contributed by atoms with Crippen LogP contribution in [0.25, 0.3) is 0 Å². The number of carbonyl (C=O) groups excluding carboxylic acids is 2. The van der Waals surface area contributed by atoms with Gasteiger partial charge in [0.2, 0.25) is 5.91 Å². The number of carbonyl (C=O) groups is 2. The van der Waals surface area contributed by atoms with Gasteiger partial charge in [0.05, 0.1) is 12.2 Å². The summed E-state index contributed by atoms with van der Waals surface area (Å²) in [7, 11) is 0. The molecule has 6 nitrogen and oxygen atoms in total. The van der Waals surface area contributed by atoms with Gasteiger partial charge >= 0.3 is 0 Å². The zero-order chi connectivity index (χ0) is 14.8. The molecule has 1 rings (SSSR count). The van der Waals surface area contributed by atoms with E-state index in [4.69, 9.17) is 5.11 Å². The molecular formula is C14H17N3O3. The minimum atomic E-state index is -0.343. The summed E-state index contributed by atoms with van der Waals surface area (Å²) in [5, 5.41) is 13.9. The number of nitrogens with one attached hydrogen (secondary N) is 2. The van der Waals surface area contributed by atoms with Gasteiger partial charge in [-0.15, -0.1) is 0 Å². The van der Waals surface area contributed by atoms with E-state index in [1.807, 2.05) is 0 Å². The molecule has 0 bridgehead atoms. The number of aliphatic hydroxyl groups excluding tert-OH is 1. The largest absolute Gasteiger partial charge is 0.395 e. The second kappa shape index (κ2) is 8.67. The summed E-state index contributed by atoms with van der Waals surface area (Å²) in [4.78, 5) is 26.6. The first kappa shape index (κ1) is 15.7. The summed E-state index contributed by atoms with van der Waals surface area (Å²) in [6.45, 7) is 2.07. The van der Waals surface area contributed by atoms with Crippen molar-refractivity contribution in [2.75, 3.05) is 19.7 Å². The van der Waals surface area contributed by atoms with Crippen LogP contribution in [-0.2, 0) is 4.79 Å². The summed E-state index contributed by atoms with van der Waals surface area (Å²) in [6.07, 6.45) is 1.86. The number of hydrogen-bond donors (Lipinski definition) is 3. The number of amides is 2. The normalized spacial score (nSPS) is 9.30. The van der Waals surface area contributed by atoms with E-state index in [1.54, 1.807) is 12.1 Å². The maximum absolute atomic E-state index is 11.9. The van der Waals surface area contributed by atoms with Gasteiger partial charge in [-0.3, -0.25) is 9.59 Å². The molecule has 0 saturated carbocycles. The highest BCUT2D eigenvalue weighted by Gasteiger charge is 2.10. The fourth-order valence-electron chi connectivity index (χ4n) is 1.40. The van der Waals surface area contributed by atoms with Gasteiger partial charge in [0, 0.05) is 32.6 Å². The molecule has 0 aliphatic rings. The predicted molar refractivity (Wildman–Crippen MR) is 73.8 cm³/mol. The van der Waals surface area contributed by atoms with E-state index in [9.17, 15) is 9.59 Å². The summed E-state index contributed by atoms with van der Waals surface area (Å²) < 4.78 is 0. The summed E-state index contributed by atoms with van der Waals surface area (Å²) >= 11 is 0. The van der Waals surface area contributed by atoms with Crippen molar-refractivity contribution in [1.29, 1.82) is 0 Å². The summed E-state index contributed by atoms with van der Waals surface area (Å²) in [5.74, 6) is 5.06. The molecule has 0 saturated heterocycles. The highest BCUT2D eigenvalue weighted by Crippen LogP contribution is 2.03. The molecule has 1 aromatic heterocycles. The number of nitrogens with zero attached hydrogens (tertiary/aromatic N) is 1. The van der Waals surface area contributed by atoms with Crippen molar-refractivity contribution in [2.45, 2.75) is 13.3 Å². The molecule has 6 heteroatoms. The molecule has 0 spiro atoms. The van der Waals surface area contributed by atoms with Gasteiger partial charge in [-0.2, -0.15) is 0 Å². The van der Waals surface area contributed by atoms with E-state index < -0.39 is 0 Å². The Morgan fingerprint density at radius 3 is 2.80 bits per heavy atom. The van der Waals surface area contributed by atoms with Crippen molar-refractivity contribution < 1.29 is 14.7 Å². The number of aliphatic hydroxyl groups is 1. The molecule has 0 atom stereocenters. The molecule has 106 valence electrons. The Bertz CT molecular complexity index is 532. The van der Waals surface area contributed by atoms with Crippen molar-refractivity contribution in [1.82, 2.24) is 15.6 Å². The van der Waals surface area contributed by atoms with Gasteiger partial charge in [0.25, 0.3) is 5.91 Å². The lowest BCUT2D eigenvalue weighted by Crippen LogP contribution is -2.34.